The Kier molecular flexibility index (Phi) is 6.50. The molecule has 2 N–H and O–H groups in total. The molecule has 3 aromatic carbocycles. The van der Waals surface area contributed by atoms with Gasteiger partial charge in [0, 0.05) is 23.4 Å². The second kappa shape index (κ2) is 10.0. The molecule has 2 heterocycles. The van der Waals surface area contributed by atoms with Crippen LogP contribution >= 0.6 is 0 Å². The summed E-state index contributed by atoms with van der Waals surface area (Å²) in [6.45, 7) is 1.04. The topological polar surface area (TPSA) is 70.2 Å². The van der Waals surface area contributed by atoms with Crippen LogP contribution in [0.1, 0.15) is 12.8 Å². The quantitative estimate of drug-likeness (QED) is 0.353. The average Bonchev–Trinajstić information content (AvgIpc) is 3.29. The highest BCUT2D eigenvalue weighted by molar-refractivity contribution is 6.11. The van der Waals surface area contributed by atoms with E-state index in [0.29, 0.717) is 28.1 Å². The number of likely N-dealkylation sites (N-methyl/N-ethyl adjacent to an activating group) is 1. The number of likely N-dealkylation sites (tertiary alicyclic amines) is 1. The van der Waals surface area contributed by atoms with Crippen molar-refractivity contribution in [3.05, 3.63) is 91.0 Å². The van der Waals surface area contributed by atoms with Gasteiger partial charge in [-0.1, -0.05) is 48.5 Å². The van der Waals surface area contributed by atoms with Crippen LogP contribution in [0.4, 0.5) is 21.6 Å². The van der Waals surface area contributed by atoms with Gasteiger partial charge in [-0.05, 0) is 56.3 Å². The summed E-state index contributed by atoms with van der Waals surface area (Å²) in [7, 11) is 2.07. The minimum Gasteiger partial charge on any atom is -0.337 e. The van der Waals surface area contributed by atoms with Crippen LogP contribution in [-0.2, 0) is 4.79 Å². The van der Waals surface area contributed by atoms with Gasteiger partial charge in [0.05, 0.1) is 16.6 Å². The van der Waals surface area contributed by atoms with Crippen LogP contribution in [-0.4, -0.2) is 40.4 Å². The summed E-state index contributed by atoms with van der Waals surface area (Å²) in [5.41, 5.74) is 3.27. The molecular weight excluding hydrogens is 441 g/mol. The van der Waals surface area contributed by atoms with Gasteiger partial charge in [0.2, 0.25) is 5.91 Å². The predicted molar refractivity (Wildman–Crippen MR) is 138 cm³/mol. The third kappa shape index (κ3) is 4.90. The van der Waals surface area contributed by atoms with E-state index in [0.717, 1.165) is 30.5 Å². The second-order valence-corrected chi connectivity index (χ2v) is 8.61. The van der Waals surface area contributed by atoms with Crippen molar-refractivity contribution in [2.24, 2.45) is 0 Å². The van der Waals surface area contributed by atoms with Gasteiger partial charge in [-0.3, -0.25) is 9.69 Å². The predicted octanol–water partition coefficient (Wildman–Crippen LogP) is 5.77. The first-order chi connectivity index (χ1) is 17.1. The molecule has 1 atom stereocenters. The number of halogens is 1. The first-order valence-corrected chi connectivity index (χ1v) is 11.6. The van der Waals surface area contributed by atoms with Crippen LogP contribution in [0.2, 0.25) is 0 Å². The molecule has 0 saturated carbocycles. The minimum atomic E-state index is -0.382. The average molecular weight is 468 g/mol. The lowest BCUT2D eigenvalue weighted by Gasteiger charge is -2.17. The van der Waals surface area contributed by atoms with E-state index in [1.807, 2.05) is 48.5 Å². The fourth-order valence-electron chi connectivity index (χ4n) is 4.50. The normalized spacial score (nSPS) is 16.1. The maximum atomic E-state index is 14.4. The summed E-state index contributed by atoms with van der Waals surface area (Å²) in [4.78, 5) is 24.0. The number of nitrogens with one attached hydrogen (secondary N) is 2. The molecule has 1 fully saturated rings. The van der Waals surface area contributed by atoms with Gasteiger partial charge in [-0.25, -0.2) is 14.4 Å². The van der Waals surface area contributed by atoms with E-state index in [4.69, 9.17) is 0 Å². The van der Waals surface area contributed by atoms with Crippen LogP contribution in [0.25, 0.3) is 22.0 Å². The minimum absolute atomic E-state index is 0.206. The smallest absolute Gasteiger partial charge is 0.248 e. The lowest BCUT2D eigenvalue weighted by molar-refractivity contribution is -0.111. The highest BCUT2D eigenvalue weighted by Crippen LogP contribution is 2.39. The van der Waals surface area contributed by atoms with Gasteiger partial charge in [0.15, 0.2) is 0 Å². The van der Waals surface area contributed by atoms with Crippen LogP contribution in [0, 0.1) is 5.82 Å². The summed E-state index contributed by atoms with van der Waals surface area (Å²) in [6.07, 6.45) is 7.19. The number of hydrogen-bond acceptors (Lipinski definition) is 5. The number of anilines is 3. The molecule has 0 bridgehead atoms. The van der Waals surface area contributed by atoms with Gasteiger partial charge in [-0.2, -0.15) is 0 Å². The Bertz CT molecular complexity index is 1390. The first-order valence-electron chi connectivity index (χ1n) is 11.6. The lowest BCUT2D eigenvalue weighted by Crippen LogP contribution is -2.23. The monoisotopic (exact) mass is 467 g/mol. The van der Waals surface area contributed by atoms with E-state index >= 15 is 0 Å². The molecule has 6 nitrogen and oxygen atoms in total. The van der Waals surface area contributed by atoms with Crippen LogP contribution in [0.5, 0.6) is 0 Å². The lowest BCUT2D eigenvalue weighted by atomic mass is 9.98. The van der Waals surface area contributed by atoms with Crippen molar-refractivity contribution in [1.29, 1.82) is 0 Å². The van der Waals surface area contributed by atoms with Gasteiger partial charge in [-0.15, -0.1) is 0 Å². The number of rotatable bonds is 6. The molecule has 1 aliphatic heterocycles. The van der Waals surface area contributed by atoms with E-state index in [2.05, 4.69) is 32.5 Å². The Morgan fingerprint density at radius 1 is 1.03 bits per heavy atom. The molecule has 1 unspecified atom stereocenters. The SMILES string of the molecule is CN1CCCC1/C=C/C(=O)Nc1ccc2ncnc(Nc3ccccc3F)c2c1-c1ccccc1. The zero-order chi connectivity index (χ0) is 24.2. The number of carbonyl (C=O) groups is 1. The van der Waals surface area contributed by atoms with Crippen LogP contribution in [0.3, 0.4) is 0 Å². The fraction of sp³-hybridized carbons (Fsp3) is 0.179. The van der Waals surface area contributed by atoms with Gasteiger partial charge < -0.3 is 10.6 Å². The third-order valence-corrected chi connectivity index (χ3v) is 6.30. The van der Waals surface area contributed by atoms with E-state index in [1.54, 1.807) is 24.3 Å². The Labute approximate surface area is 203 Å². The molecule has 0 spiro atoms. The molecule has 1 aliphatic rings. The molecule has 0 aliphatic carbocycles. The number of aromatic nitrogens is 2. The third-order valence-electron chi connectivity index (χ3n) is 6.30. The standard InChI is InChI=1S/C28H26FN5O/c1-34-17-7-10-20(34)13-16-25(35)32-24-15-14-23-27(26(24)19-8-3-2-4-9-19)28(31-18-30-23)33-22-12-6-5-11-21(22)29/h2-6,8-9,11-16,18,20H,7,10,17H2,1H3,(H,32,35)(H,30,31,33)/b16-13+. The van der Waals surface area contributed by atoms with Crippen LogP contribution in [0.15, 0.2) is 85.2 Å². The van der Waals surface area contributed by atoms with Crippen molar-refractivity contribution in [3.8, 4) is 11.1 Å². The number of hydrogen-bond donors (Lipinski definition) is 2. The van der Waals surface area contributed by atoms with Crippen molar-refractivity contribution in [1.82, 2.24) is 14.9 Å². The fourth-order valence-corrected chi connectivity index (χ4v) is 4.50. The molecule has 1 aromatic heterocycles. The van der Waals surface area contributed by atoms with Crippen molar-refractivity contribution >= 4 is 34.0 Å². The second-order valence-electron chi connectivity index (χ2n) is 8.61. The highest BCUT2D eigenvalue weighted by Gasteiger charge is 2.19. The Balaban J connectivity index is 1.58. The molecule has 0 radical (unpaired) electrons. The van der Waals surface area contributed by atoms with Crippen LogP contribution < -0.4 is 10.6 Å². The Hall–Kier alpha value is -4.10. The molecule has 1 amide bonds. The largest absolute Gasteiger partial charge is 0.337 e. The molecule has 176 valence electrons. The van der Waals surface area contributed by atoms with Crippen molar-refractivity contribution < 1.29 is 9.18 Å². The molecule has 5 rings (SSSR count). The van der Waals surface area contributed by atoms with E-state index in [-0.39, 0.29) is 17.8 Å². The summed E-state index contributed by atoms with van der Waals surface area (Å²) in [5, 5.41) is 6.85. The Morgan fingerprint density at radius 2 is 1.83 bits per heavy atom. The number of carbonyl (C=O) groups excluding carboxylic acids is 1. The molecule has 4 aromatic rings. The van der Waals surface area contributed by atoms with Crippen molar-refractivity contribution in [2.75, 3.05) is 24.2 Å². The molecule has 35 heavy (non-hydrogen) atoms. The summed E-state index contributed by atoms with van der Waals surface area (Å²) in [5.74, 6) is -0.132. The van der Waals surface area contributed by atoms with Gasteiger partial charge in [0.1, 0.15) is 18.0 Å². The van der Waals surface area contributed by atoms with Gasteiger partial charge >= 0.3 is 0 Å². The maximum Gasteiger partial charge on any atom is 0.248 e. The summed E-state index contributed by atoms with van der Waals surface area (Å²) < 4.78 is 14.4. The number of nitrogens with zero attached hydrogens (tertiary/aromatic N) is 3. The zero-order valence-electron chi connectivity index (χ0n) is 19.4. The number of benzene rings is 3. The summed E-state index contributed by atoms with van der Waals surface area (Å²) >= 11 is 0. The summed E-state index contributed by atoms with van der Waals surface area (Å²) in [6, 6.07) is 20.1. The number of fused-ring (bicyclic) bond motifs is 1. The number of para-hydroxylation sites is 1. The molecule has 1 saturated heterocycles. The Morgan fingerprint density at radius 3 is 2.60 bits per heavy atom. The van der Waals surface area contributed by atoms with E-state index < -0.39 is 0 Å². The van der Waals surface area contributed by atoms with E-state index in [1.165, 1.54) is 12.4 Å². The highest BCUT2D eigenvalue weighted by atomic mass is 19.1. The van der Waals surface area contributed by atoms with Crippen molar-refractivity contribution in [3.63, 3.8) is 0 Å². The maximum absolute atomic E-state index is 14.4. The van der Waals surface area contributed by atoms with E-state index in [9.17, 15) is 9.18 Å². The van der Waals surface area contributed by atoms with Gasteiger partial charge in [0.25, 0.3) is 0 Å². The number of amides is 1. The molecule has 7 heteroatoms. The molecular formula is C28H26FN5O. The zero-order valence-corrected chi connectivity index (χ0v) is 19.4. The van der Waals surface area contributed by atoms with Crippen molar-refractivity contribution in [2.45, 2.75) is 18.9 Å². The first kappa shape index (κ1) is 22.7.